The summed E-state index contributed by atoms with van der Waals surface area (Å²) < 4.78 is 2.18. The lowest BCUT2D eigenvalue weighted by atomic mass is 10.0. The Kier molecular flexibility index (Phi) is 7.37. The normalized spacial score (nSPS) is 21.5. The zero-order valence-corrected chi connectivity index (χ0v) is 26.1. The fourth-order valence-corrected chi connectivity index (χ4v) is 6.63. The molecule has 43 heavy (non-hydrogen) atoms. The van der Waals surface area contributed by atoms with E-state index in [-0.39, 0.29) is 41.7 Å². The van der Waals surface area contributed by atoms with E-state index in [4.69, 9.17) is 0 Å². The maximum atomic E-state index is 13.8. The number of nitrogens with zero attached hydrogens (tertiary/aromatic N) is 6. The molecule has 6 rings (SSSR count). The van der Waals surface area contributed by atoms with E-state index in [9.17, 15) is 19.5 Å². The summed E-state index contributed by atoms with van der Waals surface area (Å²) in [5.41, 5.74) is 4.10. The first kappa shape index (κ1) is 29.1. The van der Waals surface area contributed by atoms with Crippen LogP contribution in [0, 0.1) is 31.6 Å². The fourth-order valence-electron chi connectivity index (χ4n) is 6.32. The number of pyridine rings is 1. The molecular weight excluding hydrogens is 614 g/mol. The fraction of sp³-hybridized carbons (Fsp3) is 0.387. The van der Waals surface area contributed by atoms with Gasteiger partial charge in [-0.05, 0) is 89.3 Å². The van der Waals surface area contributed by atoms with Gasteiger partial charge >= 0.3 is 0 Å². The number of benzene rings is 1. The molecule has 1 saturated carbocycles. The lowest BCUT2D eigenvalue weighted by Gasteiger charge is -2.28. The molecule has 222 valence electrons. The number of nitrogens with one attached hydrogen (secondary N) is 1. The number of carbonyl (C=O) groups is 3. The molecule has 1 saturated heterocycles. The minimum Gasteiger partial charge on any atom is -0.385 e. The van der Waals surface area contributed by atoms with Crippen LogP contribution in [0.25, 0.3) is 22.0 Å². The molecule has 2 aliphatic rings. The number of Topliss-reactive ketones (excluding diaryl/α,β-unsaturated/α-hetero) is 1. The summed E-state index contributed by atoms with van der Waals surface area (Å²) in [5, 5.41) is 17.9. The second-order valence-corrected chi connectivity index (χ2v) is 12.5. The molecule has 2 fully saturated rings. The van der Waals surface area contributed by atoms with E-state index in [1.165, 1.54) is 6.92 Å². The van der Waals surface area contributed by atoms with Crippen molar-refractivity contribution in [1.29, 1.82) is 0 Å². The van der Waals surface area contributed by atoms with Gasteiger partial charge in [0.05, 0.1) is 5.52 Å². The maximum absolute atomic E-state index is 13.8. The van der Waals surface area contributed by atoms with Crippen molar-refractivity contribution in [2.75, 3.05) is 11.9 Å². The van der Waals surface area contributed by atoms with Crippen LogP contribution >= 0.6 is 15.9 Å². The van der Waals surface area contributed by atoms with Gasteiger partial charge in [-0.15, -0.1) is 0 Å². The standard InChI is InChI=1S/C31H32BrN7O4/c1-14-6-7-23(32)35-29(14)36-31(43)28-25-16(3)22(25)12-38(28)24(42)13-39-27-15(2)8-19(9-21(27)26(37-39)17(4)40)20-10-33-30(18(5)41)34-11-20/h6-11,16,18,22,25,28,41H,12-13H2,1-5H3,(H,35,36,43)/t16-,18?,22?,25?,28?/m1/s1. The number of hydrogen-bond acceptors (Lipinski definition) is 8. The van der Waals surface area contributed by atoms with Gasteiger partial charge in [0.15, 0.2) is 11.6 Å². The Hall–Kier alpha value is -4.03. The molecule has 5 atom stereocenters. The molecule has 4 heterocycles. The van der Waals surface area contributed by atoms with Crippen LogP contribution in [0.1, 0.15) is 54.3 Å². The van der Waals surface area contributed by atoms with E-state index in [1.54, 1.807) is 28.9 Å². The molecule has 12 heteroatoms. The number of aliphatic hydroxyl groups is 1. The molecular formula is C31H32BrN7O4. The van der Waals surface area contributed by atoms with E-state index < -0.39 is 12.1 Å². The van der Waals surface area contributed by atoms with Gasteiger partial charge < -0.3 is 15.3 Å². The van der Waals surface area contributed by atoms with E-state index in [1.807, 2.05) is 38.1 Å². The third-order valence-electron chi connectivity index (χ3n) is 8.67. The Bertz CT molecular complexity index is 1790. The summed E-state index contributed by atoms with van der Waals surface area (Å²) in [4.78, 5) is 54.6. The van der Waals surface area contributed by atoms with Crippen molar-refractivity contribution in [2.45, 2.75) is 53.3 Å². The van der Waals surface area contributed by atoms with E-state index >= 15 is 0 Å². The summed E-state index contributed by atoms with van der Waals surface area (Å²) in [6.45, 7) is 9.32. The first-order valence-electron chi connectivity index (χ1n) is 14.2. The van der Waals surface area contributed by atoms with Gasteiger partial charge in [0.25, 0.3) is 0 Å². The molecule has 11 nitrogen and oxygen atoms in total. The number of fused-ring (bicyclic) bond motifs is 2. The highest BCUT2D eigenvalue weighted by Crippen LogP contribution is 2.55. The first-order chi connectivity index (χ1) is 20.4. The van der Waals surface area contributed by atoms with Gasteiger partial charge in [-0.2, -0.15) is 5.10 Å². The van der Waals surface area contributed by atoms with Crippen molar-refractivity contribution >= 4 is 50.2 Å². The summed E-state index contributed by atoms with van der Waals surface area (Å²) in [6, 6.07) is 6.86. The number of rotatable bonds is 7. The number of amides is 2. The summed E-state index contributed by atoms with van der Waals surface area (Å²) in [7, 11) is 0. The molecule has 0 spiro atoms. The number of aryl methyl sites for hydroxylation is 2. The molecule has 3 aromatic heterocycles. The molecule has 0 radical (unpaired) electrons. The summed E-state index contributed by atoms with van der Waals surface area (Å²) in [6.07, 6.45) is 2.48. The average Bonchev–Trinajstić information content (AvgIpc) is 3.28. The van der Waals surface area contributed by atoms with Crippen LogP contribution in [0.3, 0.4) is 0 Å². The molecule has 4 aromatic rings. The van der Waals surface area contributed by atoms with Crippen molar-refractivity contribution in [1.82, 2.24) is 29.6 Å². The number of carbonyl (C=O) groups excluding carboxylic acids is 3. The van der Waals surface area contributed by atoms with Crippen LogP contribution in [0.5, 0.6) is 0 Å². The molecule has 1 aromatic carbocycles. The maximum Gasteiger partial charge on any atom is 0.248 e. The van der Waals surface area contributed by atoms with Crippen LogP contribution < -0.4 is 5.32 Å². The number of piperidine rings is 1. The first-order valence-corrected chi connectivity index (χ1v) is 15.0. The highest BCUT2D eigenvalue weighted by Gasteiger charge is 2.62. The predicted octanol–water partition coefficient (Wildman–Crippen LogP) is 4.26. The van der Waals surface area contributed by atoms with Crippen LogP contribution in [0.2, 0.25) is 0 Å². The number of halogens is 1. The topological polar surface area (TPSA) is 143 Å². The highest BCUT2D eigenvalue weighted by atomic mass is 79.9. The van der Waals surface area contributed by atoms with Gasteiger partial charge in [-0.1, -0.05) is 13.0 Å². The number of aliphatic hydroxyl groups excluding tert-OH is 1. The Morgan fingerprint density at radius 1 is 1.12 bits per heavy atom. The van der Waals surface area contributed by atoms with E-state index in [0.717, 1.165) is 22.3 Å². The minimum atomic E-state index is -0.782. The van der Waals surface area contributed by atoms with E-state index in [2.05, 4.69) is 48.2 Å². The lowest BCUT2D eigenvalue weighted by molar-refractivity contribution is -0.138. The Balaban J connectivity index is 1.30. The highest BCUT2D eigenvalue weighted by molar-refractivity contribution is 9.10. The summed E-state index contributed by atoms with van der Waals surface area (Å²) >= 11 is 3.36. The molecule has 0 bridgehead atoms. The zero-order valence-electron chi connectivity index (χ0n) is 24.5. The number of ketones is 1. The lowest BCUT2D eigenvalue weighted by Crippen LogP contribution is -2.48. The monoisotopic (exact) mass is 645 g/mol. The van der Waals surface area contributed by atoms with Gasteiger partial charge in [-0.3, -0.25) is 19.1 Å². The minimum absolute atomic E-state index is 0.0882. The predicted molar refractivity (Wildman–Crippen MR) is 163 cm³/mol. The molecule has 2 N–H and O–H groups in total. The van der Waals surface area contributed by atoms with Crippen molar-refractivity contribution in [3.05, 3.63) is 63.9 Å². The van der Waals surface area contributed by atoms with Crippen LogP contribution in [-0.2, 0) is 16.1 Å². The molecule has 1 aliphatic carbocycles. The quantitative estimate of drug-likeness (QED) is 0.224. The summed E-state index contributed by atoms with van der Waals surface area (Å²) in [5.74, 6) is 0.785. The van der Waals surface area contributed by atoms with Gasteiger partial charge in [0.1, 0.15) is 34.8 Å². The average molecular weight is 647 g/mol. The number of likely N-dealkylation sites (tertiary alicyclic amines) is 1. The number of hydrogen-bond donors (Lipinski definition) is 2. The molecule has 2 amide bonds. The van der Waals surface area contributed by atoms with Gasteiger partial charge in [0.2, 0.25) is 11.8 Å². The Morgan fingerprint density at radius 2 is 1.84 bits per heavy atom. The Labute approximate surface area is 256 Å². The number of anilines is 1. The van der Waals surface area contributed by atoms with E-state index in [0.29, 0.717) is 39.6 Å². The van der Waals surface area contributed by atoms with Gasteiger partial charge in [-0.25, -0.2) is 15.0 Å². The van der Waals surface area contributed by atoms with Crippen LogP contribution in [0.4, 0.5) is 5.82 Å². The van der Waals surface area contributed by atoms with Gasteiger partial charge in [0, 0.05) is 36.8 Å². The second-order valence-electron chi connectivity index (χ2n) is 11.6. The largest absolute Gasteiger partial charge is 0.385 e. The smallest absolute Gasteiger partial charge is 0.248 e. The van der Waals surface area contributed by atoms with Crippen molar-refractivity contribution < 1.29 is 19.5 Å². The van der Waals surface area contributed by atoms with Crippen LogP contribution in [-0.4, -0.2) is 64.9 Å². The SMILES string of the molecule is CC(=O)c1nn(CC(=O)N2CC3C(C2C(=O)Nc2nc(Br)ccc2C)[C@@H]3C)c2c(C)cc(-c3cnc(C(C)O)nc3)cc12. The number of aromatic nitrogens is 5. The van der Waals surface area contributed by atoms with Crippen molar-refractivity contribution in [3.63, 3.8) is 0 Å². The third-order valence-corrected chi connectivity index (χ3v) is 9.11. The second kappa shape index (κ2) is 10.9. The molecule has 4 unspecified atom stereocenters. The third kappa shape index (κ3) is 5.22. The van der Waals surface area contributed by atoms with Crippen molar-refractivity contribution in [2.24, 2.45) is 17.8 Å². The zero-order chi connectivity index (χ0) is 30.7. The molecule has 1 aliphatic heterocycles. The van der Waals surface area contributed by atoms with Crippen LogP contribution in [0.15, 0.2) is 41.3 Å². The van der Waals surface area contributed by atoms with Crippen molar-refractivity contribution in [3.8, 4) is 11.1 Å². The Morgan fingerprint density at radius 3 is 2.51 bits per heavy atom.